The number of carbonyl (C=O) groups excluding carboxylic acids is 2. The molecule has 0 radical (unpaired) electrons. The Balaban J connectivity index is 1.92. The Morgan fingerprint density at radius 3 is 2.21 bits per heavy atom. The van der Waals surface area contributed by atoms with E-state index in [1.54, 1.807) is 42.5 Å². The smallest absolute Gasteiger partial charge is 0.269 e. The zero-order valence-electron chi connectivity index (χ0n) is 14.9. The van der Waals surface area contributed by atoms with E-state index in [0.29, 0.717) is 16.9 Å². The molecule has 0 aliphatic rings. The number of nitrogens with one attached hydrogen (secondary N) is 1. The number of nitrogens with zero attached hydrogens (tertiary/aromatic N) is 1. The van der Waals surface area contributed by atoms with Crippen molar-refractivity contribution in [3.8, 4) is 5.75 Å². The summed E-state index contributed by atoms with van der Waals surface area (Å²) < 4.78 is 5.19. The Morgan fingerprint density at radius 2 is 1.61 bits per heavy atom. The lowest BCUT2D eigenvalue weighted by Crippen LogP contribution is -2.15. The maximum atomic E-state index is 12.8. The van der Waals surface area contributed by atoms with Crippen LogP contribution in [0.4, 0.5) is 11.4 Å². The van der Waals surface area contributed by atoms with Crippen molar-refractivity contribution in [2.75, 3.05) is 12.4 Å². The van der Waals surface area contributed by atoms with Crippen LogP contribution in [0.15, 0.2) is 72.8 Å². The minimum atomic E-state index is -0.541. The highest BCUT2D eigenvalue weighted by atomic mass is 16.6. The summed E-state index contributed by atoms with van der Waals surface area (Å²) in [6, 6.07) is 18.7. The van der Waals surface area contributed by atoms with Gasteiger partial charge < -0.3 is 10.1 Å². The normalized spacial score (nSPS) is 10.2. The van der Waals surface area contributed by atoms with Crippen molar-refractivity contribution in [1.82, 2.24) is 0 Å². The molecule has 7 heteroatoms. The molecule has 0 saturated carbocycles. The Labute approximate surface area is 160 Å². The molecule has 3 aromatic carbocycles. The van der Waals surface area contributed by atoms with E-state index in [9.17, 15) is 19.7 Å². The maximum Gasteiger partial charge on any atom is 0.269 e. The zero-order valence-corrected chi connectivity index (χ0v) is 14.9. The van der Waals surface area contributed by atoms with Gasteiger partial charge in [-0.15, -0.1) is 0 Å². The molecule has 0 spiro atoms. The number of benzene rings is 3. The van der Waals surface area contributed by atoms with Crippen LogP contribution in [0.5, 0.6) is 5.75 Å². The van der Waals surface area contributed by atoms with Crippen molar-refractivity contribution in [3.05, 3.63) is 99.6 Å². The molecule has 0 aliphatic carbocycles. The van der Waals surface area contributed by atoms with Gasteiger partial charge in [0.2, 0.25) is 0 Å². The van der Waals surface area contributed by atoms with Crippen molar-refractivity contribution in [3.63, 3.8) is 0 Å². The molecule has 3 rings (SSSR count). The minimum Gasteiger partial charge on any atom is -0.497 e. The molecular weight excluding hydrogens is 360 g/mol. The molecule has 1 N–H and O–H groups in total. The van der Waals surface area contributed by atoms with E-state index in [1.807, 2.05) is 6.07 Å². The highest BCUT2D eigenvalue weighted by Gasteiger charge is 2.17. The van der Waals surface area contributed by atoms with Crippen LogP contribution in [0.3, 0.4) is 0 Å². The number of hydrogen-bond donors (Lipinski definition) is 1. The predicted molar refractivity (Wildman–Crippen MR) is 104 cm³/mol. The summed E-state index contributed by atoms with van der Waals surface area (Å²) >= 11 is 0. The first kappa shape index (κ1) is 18.8. The molecule has 28 heavy (non-hydrogen) atoms. The summed E-state index contributed by atoms with van der Waals surface area (Å²) in [6.07, 6.45) is 0. The van der Waals surface area contributed by atoms with E-state index in [2.05, 4.69) is 5.32 Å². The summed E-state index contributed by atoms with van der Waals surface area (Å²) in [5.74, 6) is -0.267. The number of non-ortho nitro benzene ring substituents is 1. The number of nitro groups is 1. The molecule has 0 bridgehead atoms. The summed E-state index contributed by atoms with van der Waals surface area (Å²) in [5.41, 5.74) is 1.20. The van der Waals surface area contributed by atoms with Gasteiger partial charge in [-0.05, 0) is 24.3 Å². The second kappa shape index (κ2) is 8.13. The van der Waals surface area contributed by atoms with E-state index in [0.717, 1.165) is 0 Å². The second-order valence-electron chi connectivity index (χ2n) is 5.86. The summed E-state index contributed by atoms with van der Waals surface area (Å²) in [6.45, 7) is 0. The Kier molecular flexibility index (Phi) is 5.45. The number of methoxy groups -OCH3 is 1. The maximum absolute atomic E-state index is 12.8. The van der Waals surface area contributed by atoms with Crippen LogP contribution in [0.1, 0.15) is 26.3 Å². The van der Waals surface area contributed by atoms with Gasteiger partial charge >= 0.3 is 0 Å². The first-order chi connectivity index (χ1) is 13.5. The SMILES string of the molecule is COc1ccc(C(=O)c2ccccc2)c(NC(=O)c2ccc([N+](=O)[O-])cc2)c1. The average Bonchev–Trinajstić information content (AvgIpc) is 2.73. The number of amides is 1. The van der Waals surface area contributed by atoms with E-state index in [4.69, 9.17) is 4.74 Å². The van der Waals surface area contributed by atoms with Crippen LogP contribution >= 0.6 is 0 Å². The van der Waals surface area contributed by atoms with E-state index < -0.39 is 10.8 Å². The molecule has 140 valence electrons. The van der Waals surface area contributed by atoms with Crippen LogP contribution in [-0.2, 0) is 0 Å². The van der Waals surface area contributed by atoms with E-state index in [-0.39, 0.29) is 22.7 Å². The Morgan fingerprint density at radius 1 is 0.929 bits per heavy atom. The average molecular weight is 376 g/mol. The molecule has 0 fully saturated rings. The number of anilines is 1. The van der Waals surface area contributed by atoms with Crippen LogP contribution in [0, 0.1) is 10.1 Å². The number of rotatable bonds is 6. The molecule has 0 heterocycles. The molecule has 0 aromatic heterocycles. The lowest BCUT2D eigenvalue weighted by atomic mass is 10.0. The van der Waals surface area contributed by atoms with Crippen molar-refractivity contribution in [1.29, 1.82) is 0 Å². The van der Waals surface area contributed by atoms with Crippen molar-refractivity contribution in [2.24, 2.45) is 0 Å². The third kappa shape index (κ3) is 4.04. The summed E-state index contributed by atoms with van der Waals surface area (Å²) in [7, 11) is 1.48. The number of nitro benzene ring substituents is 1. The lowest BCUT2D eigenvalue weighted by Gasteiger charge is -2.12. The topological polar surface area (TPSA) is 98.5 Å². The fraction of sp³-hybridized carbons (Fsp3) is 0.0476. The van der Waals surface area contributed by atoms with Crippen LogP contribution in [0.2, 0.25) is 0 Å². The highest BCUT2D eigenvalue weighted by molar-refractivity contribution is 6.15. The van der Waals surface area contributed by atoms with Crippen molar-refractivity contribution < 1.29 is 19.2 Å². The predicted octanol–water partition coefficient (Wildman–Crippen LogP) is 4.09. The standard InChI is InChI=1S/C21H16N2O5/c1-28-17-11-12-18(20(24)14-5-3-2-4-6-14)19(13-17)22-21(25)15-7-9-16(10-8-15)23(26)27/h2-13H,1H3,(H,22,25). The monoisotopic (exact) mass is 376 g/mol. The second-order valence-corrected chi connectivity index (χ2v) is 5.86. The molecule has 0 atom stereocenters. The van der Waals surface area contributed by atoms with Gasteiger partial charge in [0.1, 0.15) is 5.75 Å². The number of carbonyl (C=O) groups is 2. The quantitative estimate of drug-likeness (QED) is 0.397. The van der Waals surface area contributed by atoms with Gasteiger partial charge in [-0.1, -0.05) is 30.3 Å². The molecule has 3 aromatic rings. The van der Waals surface area contributed by atoms with Gasteiger partial charge in [0.05, 0.1) is 17.7 Å². The van der Waals surface area contributed by atoms with Gasteiger partial charge in [-0.3, -0.25) is 19.7 Å². The Bertz CT molecular complexity index is 1030. The third-order valence-corrected chi connectivity index (χ3v) is 4.10. The molecule has 0 unspecified atom stereocenters. The van der Waals surface area contributed by atoms with Gasteiger partial charge in [0, 0.05) is 34.9 Å². The third-order valence-electron chi connectivity index (χ3n) is 4.10. The largest absolute Gasteiger partial charge is 0.497 e. The van der Waals surface area contributed by atoms with Crippen LogP contribution in [-0.4, -0.2) is 23.7 Å². The van der Waals surface area contributed by atoms with Crippen molar-refractivity contribution in [2.45, 2.75) is 0 Å². The van der Waals surface area contributed by atoms with Gasteiger partial charge in [-0.2, -0.15) is 0 Å². The first-order valence-electron chi connectivity index (χ1n) is 8.33. The van der Waals surface area contributed by atoms with Crippen LogP contribution < -0.4 is 10.1 Å². The van der Waals surface area contributed by atoms with Gasteiger partial charge in [0.25, 0.3) is 11.6 Å². The molecule has 7 nitrogen and oxygen atoms in total. The number of ether oxygens (including phenoxy) is 1. The first-order valence-corrected chi connectivity index (χ1v) is 8.33. The molecule has 0 aliphatic heterocycles. The number of hydrogen-bond acceptors (Lipinski definition) is 5. The van der Waals surface area contributed by atoms with Gasteiger partial charge in [0.15, 0.2) is 5.78 Å². The number of ketones is 1. The Hall–Kier alpha value is -4.00. The molecule has 1 amide bonds. The molecular formula is C21H16N2O5. The van der Waals surface area contributed by atoms with Gasteiger partial charge in [-0.25, -0.2) is 0 Å². The fourth-order valence-electron chi connectivity index (χ4n) is 2.63. The molecule has 0 saturated heterocycles. The minimum absolute atomic E-state index is 0.113. The van der Waals surface area contributed by atoms with Crippen molar-refractivity contribution >= 4 is 23.1 Å². The lowest BCUT2D eigenvalue weighted by molar-refractivity contribution is -0.384. The summed E-state index contributed by atoms with van der Waals surface area (Å²) in [5, 5.41) is 13.4. The summed E-state index contributed by atoms with van der Waals surface area (Å²) in [4.78, 5) is 35.6. The zero-order chi connectivity index (χ0) is 20.1. The highest BCUT2D eigenvalue weighted by Crippen LogP contribution is 2.26. The van der Waals surface area contributed by atoms with Crippen LogP contribution in [0.25, 0.3) is 0 Å². The fourth-order valence-corrected chi connectivity index (χ4v) is 2.63. The van der Waals surface area contributed by atoms with E-state index >= 15 is 0 Å². The van der Waals surface area contributed by atoms with E-state index in [1.165, 1.54) is 31.4 Å².